The second-order valence-corrected chi connectivity index (χ2v) is 14.2. The number of benzene rings is 2. The van der Waals surface area contributed by atoms with E-state index in [2.05, 4.69) is 13.2 Å². The van der Waals surface area contributed by atoms with Gasteiger partial charge in [-0.15, -0.1) is 13.2 Å². The molecule has 3 heterocycles. The van der Waals surface area contributed by atoms with Crippen molar-refractivity contribution in [2.45, 2.75) is 101 Å². The molecule has 3 amide bonds. The quantitative estimate of drug-likeness (QED) is 0.280. The first-order chi connectivity index (χ1) is 23.3. The maximum atomic E-state index is 15.1. The number of hydrogen-bond acceptors (Lipinski definition) is 5. The zero-order valence-electron chi connectivity index (χ0n) is 28.3. The molecule has 1 N–H and O–H groups in total. The molecule has 2 bridgehead atoms. The standard InChI is InChI=1S/C40H51N3O5/c1-4-24-41(27-30-18-12-8-13-19-30)36(45)33-34-37(46)43(32(28-44)26-29-16-10-7-11-17-29)35(40(34)23-22-39(33,6-3)48-40)38(47)42(25-5-2)31-20-14-9-15-21-31/h4-5,7-8,10-13,16-19,31-35,44H,1-2,6,9,14-15,20-28H2,3H3/t32-,33-,34+,35?,39+,40?/m1/s1. The Balaban J connectivity index is 1.44. The molecule has 3 aliphatic heterocycles. The number of nitrogens with zero attached hydrogens (tertiary/aromatic N) is 3. The van der Waals surface area contributed by atoms with E-state index in [1.54, 1.807) is 22.0 Å². The minimum Gasteiger partial charge on any atom is -0.394 e. The summed E-state index contributed by atoms with van der Waals surface area (Å²) in [5, 5.41) is 10.9. The fourth-order valence-corrected chi connectivity index (χ4v) is 9.34. The van der Waals surface area contributed by atoms with Crippen LogP contribution in [0.4, 0.5) is 0 Å². The van der Waals surface area contributed by atoms with Crippen LogP contribution in [0, 0.1) is 11.8 Å². The summed E-state index contributed by atoms with van der Waals surface area (Å²) in [6.45, 7) is 10.7. The van der Waals surface area contributed by atoms with Crippen molar-refractivity contribution >= 4 is 17.7 Å². The first kappa shape index (κ1) is 34.1. The maximum Gasteiger partial charge on any atom is 0.248 e. The molecule has 1 saturated carbocycles. The lowest BCUT2D eigenvalue weighted by molar-refractivity contribution is -0.159. The summed E-state index contributed by atoms with van der Waals surface area (Å²) in [6, 6.07) is 18.0. The molecule has 2 aromatic rings. The minimum atomic E-state index is -1.17. The van der Waals surface area contributed by atoms with Gasteiger partial charge in [-0.25, -0.2) is 0 Å². The van der Waals surface area contributed by atoms with Crippen LogP contribution in [0.25, 0.3) is 0 Å². The van der Waals surface area contributed by atoms with Gasteiger partial charge in [0.05, 0.1) is 30.1 Å². The van der Waals surface area contributed by atoms with Crippen LogP contribution in [0.15, 0.2) is 86.0 Å². The number of amides is 3. The summed E-state index contributed by atoms with van der Waals surface area (Å²) >= 11 is 0. The number of rotatable bonds is 14. The summed E-state index contributed by atoms with van der Waals surface area (Å²) in [6.07, 6.45) is 10.6. The maximum absolute atomic E-state index is 15.1. The van der Waals surface area contributed by atoms with E-state index in [1.807, 2.05) is 72.5 Å². The van der Waals surface area contributed by atoms with E-state index in [0.29, 0.717) is 45.3 Å². The Bertz CT molecular complexity index is 1480. The van der Waals surface area contributed by atoms with Crippen molar-refractivity contribution in [2.24, 2.45) is 11.8 Å². The highest BCUT2D eigenvalue weighted by molar-refractivity contribution is 5.99. The van der Waals surface area contributed by atoms with Gasteiger partial charge < -0.3 is 24.5 Å². The molecule has 256 valence electrons. The Kier molecular flexibility index (Phi) is 10.2. The highest BCUT2D eigenvalue weighted by atomic mass is 16.5. The molecule has 2 aromatic carbocycles. The molecule has 8 heteroatoms. The molecule has 8 nitrogen and oxygen atoms in total. The molecule has 1 aliphatic carbocycles. The van der Waals surface area contributed by atoms with Crippen LogP contribution < -0.4 is 0 Å². The second kappa shape index (κ2) is 14.4. The van der Waals surface area contributed by atoms with E-state index in [-0.39, 0.29) is 30.4 Å². The molecule has 4 aliphatic rings. The van der Waals surface area contributed by atoms with Gasteiger partial charge in [0.25, 0.3) is 0 Å². The molecule has 3 saturated heterocycles. The predicted octanol–water partition coefficient (Wildman–Crippen LogP) is 5.31. The van der Waals surface area contributed by atoms with Gasteiger partial charge in [-0.2, -0.15) is 0 Å². The fraction of sp³-hybridized carbons (Fsp3) is 0.525. The highest BCUT2D eigenvalue weighted by Crippen LogP contribution is 2.65. The topological polar surface area (TPSA) is 90.4 Å². The molecule has 6 atom stereocenters. The normalized spacial score (nSPS) is 28.6. The van der Waals surface area contributed by atoms with Crippen molar-refractivity contribution in [2.75, 3.05) is 19.7 Å². The van der Waals surface area contributed by atoms with E-state index in [0.717, 1.165) is 43.2 Å². The van der Waals surface area contributed by atoms with Crippen LogP contribution in [0.2, 0.25) is 0 Å². The van der Waals surface area contributed by atoms with Gasteiger partial charge in [-0.05, 0) is 49.7 Å². The van der Waals surface area contributed by atoms with Crippen molar-refractivity contribution < 1.29 is 24.2 Å². The molecule has 1 spiro atoms. The third kappa shape index (κ3) is 5.91. The first-order valence-electron chi connectivity index (χ1n) is 17.9. The predicted molar refractivity (Wildman–Crippen MR) is 186 cm³/mol. The molecule has 6 rings (SSSR count). The van der Waals surface area contributed by atoms with Crippen molar-refractivity contribution in [1.82, 2.24) is 14.7 Å². The molecule has 48 heavy (non-hydrogen) atoms. The monoisotopic (exact) mass is 653 g/mol. The summed E-state index contributed by atoms with van der Waals surface area (Å²) < 4.78 is 7.14. The number of fused-ring (bicyclic) bond motifs is 1. The Morgan fingerprint density at radius 1 is 0.958 bits per heavy atom. The summed E-state index contributed by atoms with van der Waals surface area (Å²) in [4.78, 5) is 50.4. The Labute approximate surface area is 285 Å². The van der Waals surface area contributed by atoms with E-state index in [4.69, 9.17) is 4.74 Å². The van der Waals surface area contributed by atoms with Crippen molar-refractivity contribution in [3.63, 3.8) is 0 Å². The van der Waals surface area contributed by atoms with Crippen LogP contribution in [-0.2, 0) is 32.1 Å². The number of carbonyl (C=O) groups is 3. The average molecular weight is 654 g/mol. The third-order valence-electron chi connectivity index (χ3n) is 11.5. The SMILES string of the molecule is C=CCN(Cc1ccccc1)C(=O)[C@H]1[C@H]2C(=O)N([C@@H](CO)Cc3ccccc3)C(C(=O)N(CC=C)C3CCCCC3)C23CC[C@]1(CC)O3. The molecule has 0 aromatic heterocycles. The van der Waals surface area contributed by atoms with Gasteiger partial charge in [-0.3, -0.25) is 14.4 Å². The number of carbonyl (C=O) groups excluding carboxylic acids is 3. The number of aliphatic hydroxyl groups is 1. The molecular weight excluding hydrogens is 602 g/mol. The zero-order chi connectivity index (χ0) is 33.9. The van der Waals surface area contributed by atoms with E-state index in [1.165, 1.54) is 0 Å². The zero-order valence-corrected chi connectivity index (χ0v) is 28.3. The lowest BCUT2D eigenvalue weighted by Gasteiger charge is -2.42. The van der Waals surface area contributed by atoms with Crippen LogP contribution in [0.1, 0.15) is 69.4 Å². The number of aliphatic hydroxyl groups excluding tert-OH is 1. The van der Waals surface area contributed by atoms with Crippen LogP contribution in [-0.4, -0.2) is 86.6 Å². The average Bonchev–Trinajstić information content (AvgIpc) is 3.73. The molecular formula is C40H51N3O5. The van der Waals surface area contributed by atoms with Gasteiger partial charge in [0.15, 0.2) is 0 Å². The Morgan fingerprint density at radius 2 is 1.60 bits per heavy atom. The molecule has 4 fully saturated rings. The van der Waals surface area contributed by atoms with E-state index >= 15 is 9.59 Å². The van der Waals surface area contributed by atoms with Gasteiger partial charge in [0.2, 0.25) is 17.7 Å². The lowest BCUT2D eigenvalue weighted by Crippen LogP contribution is -2.60. The largest absolute Gasteiger partial charge is 0.394 e. The molecule has 0 radical (unpaired) electrons. The summed E-state index contributed by atoms with van der Waals surface area (Å²) in [7, 11) is 0. The van der Waals surface area contributed by atoms with Crippen LogP contribution in [0.3, 0.4) is 0 Å². The van der Waals surface area contributed by atoms with Crippen LogP contribution in [0.5, 0.6) is 0 Å². The van der Waals surface area contributed by atoms with Gasteiger partial charge in [-0.1, -0.05) is 99.0 Å². The highest BCUT2D eigenvalue weighted by Gasteiger charge is 2.79. The van der Waals surface area contributed by atoms with Crippen molar-refractivity contribution in [1.29, 1.82) is 0 Å². The number of ether oxygens (including phenoxy) is 1. The molecule has 2 unspecified atom stereocenters. The fourth-order valence-electron chi connectivity index (χ4n) is 9.34. The summed E-state index contributed by atoms with van der Waals surface area (Å²) in [5.74, 6) is -2.16. The number of hydrogen-bond donors (Lipinski definition) is 1. The van der Waals surface area contributed by atoms with Crippen LogP contribution >= 0.6 is 0 Å². The van der Waals surface area contributed by atoms with Crippen molar-refractivity contribution in [3.8, 4) is 0 Å². The lowest BCUT2D eigenvalue weighted by atomic mass is 9.64. The van der Waals surface area contributed by atoms with Crippen molar-refractivity contribution in [3.05, 3.63) is 97.1 Å². The Morgan fingerprint density at radius 3 is 2.21 bits per heavy atom. The van der Waals surface area contributed by atoms with E-state index in [9.17, 15) is 9.90 Å². The second-order valence-electron chi connectivity index (χ2n) is 14.2. The van der Waals surface area contributed by atoms with Gasteiger partial charge in [0, 0.05) is 25.7 Å². The Hall–Kier alpha value is -3.75. The van der Waals surface area contributed by atoms with Gasteiger partial charge >= 0.3 is 0 Å². The smallest absolute Gasteiger partial charge is 0.248 e. The first-order valence-corrected chi connectivity index (χ1v) is 17.9. The minimum absolute atomic E-state index is 0.0449. The van der Waals surface area contributed by atoms with Gasteiger partial charge in [0.1, 0.15) is 11.6 Å². The van der Waals surface area contributed by atoms with E-state index < -0.39 is 35.1 Å². The number of likely N-dealkylation sites (tertiary alicyclic amines) is 1. The third-order valence-corrected chi connectivity index (χ3v) is 11.5. The summed E-state index contributed by atoms with van der Waals surface area (Å²) in [5.41, 5.74) is -0.0844.